The third-order valence-electron chi connectivity index (χ3n) is 2.88. The lowest BCUT2D eigenvalue weighted by Crippen LogP contribution is -2.52. The summed E-state index contributed by atoms with van der Waals surface area (Å²) < 4.78 is 0. The quantitative estimate of drug-likeness (QED) is 0.576. The molecular weight excluding hydrogens is 188 g/mol. The largest absolute Gasteiger partial charge is 0.396 e. The van der Waals surface area contributed by atoms with Crippen LogP contribution in [0.25, 0.3) is 0 Å². The van der Waals surface area contributed by atoms with Crippen molar-refractivity contribution in [2.24, 2.45) is 11.7 Å². The number of nitrogens with two attached hydrogens (primary N) is 1. The van der Waals surface area contributed by atoms with E-state index in [1.165, 1.54) is 6.42 Å². The van der Waals surface area contributed by atoms with Gasteiger partial charge in [0.2, 0.25) is 0 Å². The monoisotopic (exact) mass is 216 g/mol. The molecular formula is C12H28N2O. The maximum atomic E-state index is 8.85. The first kappa shape index (κ1) is 14.9. The third kappa shape index (κ3) is 6.88. The first-order valence-corrected chi connectivity index (χ1v) is 6.02. The third-order valence-corrected chi connectivity index (χ3v) is 2.88. The number of hydrogen-bond donors (Lipinski definition) is 3. The van der Waals surface area contributed by atoms with Gasteiger partial charge >= 0.3 is 0 Å². The molecule has 0 aliphatic heterocycles. The van der Waals surface area contributed by atoms with Crippen LogP contribution in [0.5, 0.6) is 0 Å². The highest BCUT2D eigenvalue weighted by molar-refractivity contribution is 4.86. The number of aliphatic hydroxyl groups is 1. The summed E-state index contributed by atoms with van der Waals surface area (Å²) >= 11 is 0. The van der Waals surface area contributed by atoms with Crippen LogP contribution in [-0.4, -0.2) is 29.8 Å². The minimum Gasteiger partial charge on any atom is -0.396 e. The van der Waals surface area contributed by atoms with Gasteiger partial charge in [0, 0.05) is 24.7 Å². The molecule has 0 aromatic rings. The van der Waals surface area contributed by atoms with Crippen molar-refractivity contribution in [3.8, 4) is 0 Å². The molecule has 0 aliphatic carbocycles. The molecule has 0 fully saturated rings. The average molecular weight is 216 g/mol. The van der Waals surface area contributed by atoms with E-state index in [4.69, 9.17) is 10.8 Å². The Bertz CT molecular complexity index is 162. The van der Waals surface area contributed by atoms with Gasteiger partial charge < -0.3 is 16.2 Å². The normalized spacial score (nSPS) is 17.8. The summed E-state index contributed by atoms with van der Waals surface area (Å²) in [6.07, 6.45) is 3.07. The summed E-state index contributed by atoms with van der Waals surface area (Å²) in [5.74, 6) is 0.714. The average Bonchev–Trinajstić information content (AvgIpc) is 2.15. The molecule has 0 saturated heterocycles. The van der Waals surface area contributed by atoms with E-state index in [-0.39, 0.29) is 12.1 Å². The fraction of sp³-hybridized carbons (Fsp3) is 1.00. The molecule has 3 nitrogen and oxygen atoms in total. The van der Waals surface area contributed by atoms with E-state index in [2.05, 4.69) is 33.0 Å². The Morgan fingerprint density at radius 3 is 2.27 bits per heavy atom. The minimum absolute atomic E-state index is 0.0128. The molecule has 0 saturated carbocycles. The minimum atomic E-state index is 0.0128. The topological polar surface area (TPSA) is 58.3 Å². The molecule has 0 amide bonds. The summed E-state index contributed by atoms with van der Waals surface area (Å²) in [4.78, 5) is 0. The molecule has 4 N–H and O–H groups in total. The highest BCUT2D eigenvalue weighted by Gasteiger charge is 2.23. The zero-order chi connectivity index (χ0) is 11.9. The van der Waals surface area contributed by atoms with Crippen molar-refractivity contribution in [3.05, 3.63) is 0 Å². The van der Waals surface area contributed by atoms with E-state index in [9.17, 15) is 0 Å². The number of nitrogens with one attached hydrogen (secondary N) is 1. The van der Waals surface area contributed by atoms with Gasteiger partial charge in [-0.05, 0) is 39.0 Å². The standard InChI is InChI=1S/C12H28N2O/c1-10(2)5-7-12(4,9-13)14-11(3)6-8-15/h10-11,14-15H,5-9,13H2,1-4H3. The molecule has 0 aromatic carbocycles. The molecule has 0 bridgehead atoms. The lowest BCUT2D eigenvalue weighted by Gasteiger charge is -2.33. The van der Waals surface area contributed by atoms with Crippen LogP contribution < -0.4 is 11.1 Å². The Morgan fingerprint density at radius 1 is 1.27 bits per heavy atom. The Labute approximate surface area is 94.4 Å². The van der Waals surface area contributed by atoms with Gasteiger partial charge in [0.25, 0.3) is 0 Å². The van der Waals surface area contributed by atoms with Gasteiger partial charge in [-0.1, -0.05) is 13.8 Å². The van der Waals surface area contributed by atoms with Crippen LogP contribution in [-0.2, 0) is 0 Å². The Hall–Kier alpha value is -0.120. The van der Waals surface area contributed by atoms with E-state index >= 15 is 0 Å². The van der Waals surface area contributed by atoms with Gasteiger partial charge in [0.05, 0.1) is 0 Å². The van der Waals surface area contributed by atoms with Crippen molar-refractivity contribution >= 4 is 0 Å². The first-order valence-electron chi connectivity index (χ1n) is 6.02. The van der Waals surface area contributed by atoms with Crippen LogP contribution in [0.1, 0.15) is 47.0 Å². The highest BCUT2D eigenvalue weighted by atomic mass is 16.3. The molecule has 0 radical (unpaired) electrons. The predicted molar refractivity (Wildman–Crippen MR) is 65.8 cm³/mol. The van der Waals surface area contributed by atoms with Crippen LogP contribution in [0.4, 0.5) is 0 Å². The molecule has 0 heterocycles. The zero-order valence-corrected chi connectivity index (χ0v) is 10.7. The lowest BCUT2D eigenvalue weighted by atomic mass is 9.91. The van der Waals surface area contributed by atoms with Gasteiger partial charge in [-0.15, -0.1) is 0 Å². The second-order valence-electron chi connectivity index (χ2n) is 5.25. The van der Waals surface area contributed by atoms with Gasteiger partial charge in [0.1, 0.15) is 0 Å². The van der Waals surface area contributed by atoms with Gasteiger partial charge in [-0.3, -0.25) is 0 Å². The molecule has 0 aromatic heterocycles. The van der Waals surface area contributed by atoms with E-state index in [1.54, 1.807) is 0 Å². The fourth-order valence-corrected chi connectivity index (χ4v) is 1.70. The summed E-state index contributed by atoms with van der Waals surface area (Å²) in [5.41, 5.74) is 5.83. The van der Waals surface area contributed by atoms with Crippen molar-refractivity contribution < 1.29 is 5.11 Å². The van der Waals surface area contributed by atoms with Crippen molar-refractivity contribution in [1.82, 2.24) is 5.32 Å². The second kappa shape index (κ2) is 7.20. The predicted octanol–water partition coefficient (Wildman–Crippen LogP) is 1.50. The SMILES string of the molecule is CC(C)CCC(C)(CN)NC(C)CCO. The molecule has 92 valence electrons. The van der Waals surface area contributed by atoms with Gasteiger partial charge in [-0.2, -0.15) is 0 Å². The van der Waals surface area contributed by atoms with E-state index in [0.717, 1.165) is 12.8 Å². The summed E-state index contributed by atoms with van der Waals surface area (Å²) in [6.45, 7) is 9.61. The molecule has 0 spiro atoms. The Balaban J connectivity index is 4.05. The highest BCUT2D eigenvalue weighted by Crippen LogP contribution is 2.16. The Morgan fingerprint density at radius 2 is 1.87 bits per heavy atom. The van der Waals surface area contributed by atoms with Crippen LogP contribution in [0.15, 0.2) is 0 Å². The van der Waals surface area contributed by atoms with Crippen LogP contribution in [0.2, 0.25) is 0 Å². The van der Waals surface area contributed by atoms with E-state index in [0.29, 0.717) is 18.5 Å². The van der Waals surface area contributed by atoms with Crippen LogP contribution in [0, 0.1) is 5.92 Å². The lowest BCUT2D eigenvalue weighted by molar-refractivity contribution is 0.232. The van der Waals surface area contributed by atoms with Gasteiger partial charge in [-0.25, -0.2) is 0 Å². The van der Waals surface area contributed by atoms with Gasteiger partial charge in [0.15, 0.2) is 0 Å². The molecule has 15 heavy (non-hydrogen) atoms. The zero-order valence-electron chi connectivity index (χ0n) is 10.7. The van der Waals surface area contributed by atoms with Crippen LogP contribution >= 0.6 is 0 Å². The van der Waals surface area contributed by atoms with Crippen LogP contribution in [0.3, 0.4) is 0 Å². The second-order valence-corrected chi connectivity index (χ2v) is 5.25. The number of hydrogen-bond acceptors (Lipinski definition) is 3. The molecule has 3 heteroatoms. The summed E-state index contributed by atoms with van der Waals surface area (Å²) in [5, 5.41) is 12.4. The maximum absolute atomic E-state index is 8.85. The molecule has 2 unspecified atom stereocenters. The van der Waals surface area contributed by atoms with Crippen molar-refractivity contribution in [3.63, 3.8) is 0 Å². The van der Waals surface area contributed by atoms with Crippen molar-refractivity contribution in [2.45, 2.75) is 58.5 Å². The van der Waals surface area contributed by atoms with E-state index < -0.39 is 0 Å². The smallest absolute Gasteiger partial charge is 0.0445 e. The van der Waals surface area contributed by atoms with Crippen molar-refractivity contribution in [2.75, 3.05) is 13.2 Å². The molecule has 2 atom stereocenters. The maximum Gasteiger partial charge on any atom is 0.0445 e. The molecule has 0 aliphatic rings. The number of aliphatic hydroxyl groups excluding tert-OH is 1. The summed E-state index contributed by atoms with van der Waals surface area (Å²) in [7, 11) is 0. The first-order chi connectivity index (χ1) is 6.93. The number of rotatable bonds is 8. The Kier molecular flexibility index (Phi) is 7.14. The van der Waals surface area contributed by atoms with E-state index in [1.807, 2.05) is 0 Å². The fourth-order valence-electron chi connectivity index (χ4n) is 1.70. The molecule has 0 rings (SSSR count). The van der Waals surface area contributed by atoms with Crippen molar-refractivity contribution in [1.29, 1.82) is 0 Å². The summed E-state index contributed by atoms with van der Waals surface area (Å²) in [6, 6.07) is 0.329.